The van der Waals surface area contributed by atoms with E-state index in [2.05, 4.69) is 5.32 Å². The highest BCUT2D eigenvalue weighted by Gasteiger charge is 2.08. The fourth-order valence-electron chi connectivity index (χ4n) is 1.33. The summed E-state index contributed by atoms with van der Waals surface area (Å²) < 4.78 is 5.20. The molecular weight excluding hydrogens is 204 g/mol. The van der Waals surface area contributed by atoms with Gasteiger partial charge in [0.05, 0.1) is 12.6 Å². The molecule has 16 heavy (non-hydrogen) atoms. The second-order valence-corrected chi connectivity index (χ2v) is 4.15. The van der Waals surface area contributed by atoms with Crippen molar-refractivity contribution >= 4 is 0 Å². The Balaban J connectivity index is 2.19. The first-order chi connectivity index (χ1) is 7.63. The molecule has 0 radical (unpaired) electrons. The van der Waals surface area contributed by atoms with Crippen LogP contribution in [-0.2, 0) is 6.54 Å². The van der Waals surface area contributed by atoms with E-state index < -0.39 is 0 Å². The standard InChI is InChI=1S/C12H18N2O2/c1-9(2)12(15)5-6-14-8-11-4-3-10(7-13)16-11/h3-4,9,12,14-15H,5-6,8H2,1-2H3. The number of nitrogens with zero attached hydrogens (tertiary/aromatic N) is 1. The van der Waals surface area contributed by atoms with Crippen molar-refractivity contribution in [3.8, 4) is 6.07 Å². The van der Waals surface area contributed by atoms with Crippen LogP contribution in [-0.4, -0.2) is 17.8 Å². The quantitative estimate of drug-likeness (QED) is 0.718. The van der Waals surface area contributed by atoms with Gasteiger partial charge in [0.2, 0.25) is 5.76 Å². The number of rotatable bonds is 6. The van der Waals surface area contributed by atoms with Crippen molar-refractivity contribution in [2.24, 2.45) is 5.92 Å². The minimum Gasteiger partial charge on any atom is -0.449 e. The van der Waals surface area contributed by atoms with Crippen molar-refractivity contribution in [1.29, 1.82) is 5.26 Å². The van der Waals surface area contributed by atoms with E-state index >= 15 is 0 Å². The first kappa shape index (κ1) is 12.8. The van der Waals surface area contributed by atoms with Gasteiger partial charge in [-0.2, -0.15) is 5.26 Å². The lowest BCUT2D eigenvalue weighted by molar-refractivity contribution is 0.116. The van der Waals surface area contributed by atoms with E-state index in [1.165, 1.54) is 0 Å². The van der Waals surface area contributed by atoms with Crippen LogP contribution in [0.25, 0.3) is 0 Å². The highest BCUT2D eigenvalue weighted by molar-refractivity contribution is 5.18. The smallest absolute Gasteiger partial charge is 0.203 e. The Morgan fingerprint density at radius 1 is 1.50 bits per heavy atom. The monoisotopic (exact) mass is 222 g/mol. The lowest BCUT2D eigenvalue weighted by Crippen LogP contribution is -2.23. The largest absolute Gasteiger partial charge is 0.449 e. The topological polar surface area (TPSA) is 69.2 Å². The molecule has 88 valence electrons. The lowest BCUT2D eigenvalue weighted by Gasteiger charge is -2.13. The molecule has 1 aromatic rings. The minimum absolute atomic E-state index is 0.265. The SMILES string of the molecule is CC(C)C(O)CCNCc1ccc(C#N)o1. The highest BCUT2D eigenvalue weighted by Crippen LogP contribution is 2.07. The first-order valence-corrected chi connectivity index (χ1v) is 5.51. The molecule has 1 atom stereocenters. The van der Waals surface area contributed by atoms with Crippen molar-refractivity contribution in [3.63, 3.8) is 0 Å². The van der Waals surface area contributed by atoms with Crippen molar-refractivity contribution in [3.05, 3.63) is 23.7 Å². The Morgan fingerprint density at radius 2 is 2.25 bits per heavy atom. The Bertz CT molecular complexity index is 352. The van der Waals surface area contributed by atoms with Crippen LogP contribution in [0.15, 0.2) is 16.5 Å². The van der Waals surface area contributed by atoms with Crippen LogP contribution in [0.5, 0.6) is 0 Å². The molecule has 0 aliphatic heterocycles. The van der Waals surface area contributed by atoms with Crippen LogP contribution in [0, 0.1) is 17.2 Å². The second kappa shape index (κ2) is 6.31. The number of nitriles is 1. The molecule has 0 fully saturated rings. The van der Waals surface area contributed by atoms with Crippen LogP contribution in [0.3, 0.4) is 0 Å². The zero-order chi connectivity index (χ0) is 12.0. The van der Waals surface area contributed by atoms with Crippen LogP contribution in [0.1, 0.15) is 31.8 Å². The molecular formula is C12H18N2O2. The van der Waals surface area contributed by atoms with Gasteiger partial charge in [-0.1, -0.05) is 13.8 Å². The van der Waals surface area contributed by atoms with Gasteiger partial charge in [0.25, 0.3) is 0 Å². The van der Waals surface area contributed by atoms with E-state index in [0.717, 1.165) is 18.7 Å². The Kier molecular flexibility index (Phi) is 5.03. The number of furan rings is 1. The Hall–Kier alpha value is -1.31. The number of hydrogen-bond acceptors (Lipinski definition) is 4. The fraction of sp³-hybridized carbons (Fsp3) is 0.583. The van der Waals surface area contributed by atoms with E-state index in [1.807, 2.05) is 19.9 Å². The summed E-state index contributed by atoms with van der Waals surface area (Å²) >= 11 is 0. The molecule has 0 aromatic carbocycles. The molecule has 2 N–H and O–H groups in total. The van der Waals surface area contributed by atoms with Gasteiger partial charge in [-0.15, -0.1) is 0 Å². The maximum absolute atomic E-state index is 9.56. The zero-order valence-electron chi connectivity index (χ0n) is 9.73. The predicted octanol–water partition coefficient (Wildman–Crippen LogP) is 1.65. The van der Waals surface area contributed by atoms with Gasteiger partial charge in [0.1, 0.15) is 11.8 Å². The molecule has 0 amide bonds. The highest BCUT2D eigenvalue weighted by atomic mass is 16.3. The van der Waals surface area contributed by atoms with Crippen molar-refractivity contribution in [2.45, 2.75) is 32.9 Å². The fourth-order valence-corrected chi connectivity index (χ4v) is 1.33. The number of aliphatic hydroxyl groups excluding tert-OH is 1. The van der Waals surface area contributed by atoms with Gasteiger partial charge < -0.3 is 14.8 Å². The van der Waals surface area contributed by atoms with Gasteiger partial charge >= 0.3 is 0 Å². The van der Waals surface area contributed by atoms with E-state index in [-0.39, 0.29) is 12.0 Å². The third-order valence-electron chi connectivity index (χ3n) is 2.46. The van der Waals surface area contributed by atoms with Crippen molar-refractivity contribution < 1.29 is 9.52 Å². The molecule has 0 aliphatic carbocycles. The van der Waals surface area contributed by atoms with Crippen LogP contribution >= 0.6 is 0 Å². The summed E-state index contributed by atoms with van der Waals surface area (Å²) in [5.41, 5.74) is 0. The van der Waals surface area contributed by atoms with E-state index in [1.54, 1.807) is 12.1 Å². The average molecular weight is 222 g/mol. The van der Waals surface area contributed by atoms with Gasteiger partial charge in [0, 0.05) is 0 Å². The Labute approximate surface area is 95.9 Å². The minimum atomic E-state index is -0.265. The molecule has 0 saturated heterocycles. The summed E-state index contributed by atoms with van der Waals surface area (Å²) in [6.07, 6.45) is 0.461. The lowest BCUT2D eigenvalue weighted by atomic mass is 10.0. The molecule has 4 heteroatoms. The maximum Gasteiger partial charge on any atom is 0.203 e. The summed E-state index contributed by atoms with van der Waals surface area (Å²) in [5.74, 6) is 1.37. The molecule has 0 aliphatic rings. The summed E-state index contributed by atoms with van der Waals surface area (Å²) in [6.45, 7) is 5.32. The number of aliphatic hydroxyl groups is 1. The molecule has 1 rings (SSSR count). The molecule has 4 nitrogen and oxygen atoms in total. The second-order valence-electron chi connectivity index (χ2n) is 4.15. The van der Waals surface area contributed by atoms with Gasteiger partial charge in [-0.05, 0) is 31.0 Å². The molecule has 1 heterocycles. The van der Waals surface area contributed by atoms with E-state index in [9.17, 15) is 5.11 Å². The summed E-state index contributed by atoms with van der Waals surface area (Å²) in [6, 6.07) is 5.37. The van der Waals surface area contributed by atoms with Crippen LogP contribution in [0.4, 0.5) is 0 Å². The van der Waals surface area contributed by atoms with Gasteiger partial charge in [0.15, 0.2) is 0 Å². The predicted molar refractivity (Wildman–Crippen MR) is 60.6 cm³/mol. The Morgan fingerprint density at radius 3 is 2.81 bits per heavy atom. The van der Waals surface area contributed by atoms with Crippen LogP contribution < -0.4 is 5.32 Å². The molecule has 1 aromatic heterocycles. The molecule has 0 bridgehead atoms. The molecule has 0 saturated carbocycles. The summed E-state index contributed by atoms with van der Waals surface area (Å²) in [5, 5.41) is 21.3. The number of hydrogen-bond donors (Lipinski definition) is 2. The van der Waals surface area contributed by atoms with Crippen molar-refractivity contribution in [1.82, 2.24) is 5.32 Å². The maximum atomic E-state index is 9.56. The summed E-state index contributed by atoms with van der Waals surface area (Å²) in [7, 11) is 0. The summed E-state index contributed by atoms with van der Waals surface area (Å²) in [4.78, 5) is 0. The van der Waals surface area contributed by atoms with Gasteiger partial charge in [-0.3, -0.25) is 0 Å². The number of nitrogens with one attached hydrogen (secondary N) is 1. The van der Waals surface area contributed by atoms with E-state index in [0.29, 0.717) is 12.3 Å². The average Bonchev–Trinajstić information content (AvgIpc) is 2.71. The normalized spacial score (nSPS) is 12.7. The van der Waals surface area contributed by atoms with Gasteiger partial charge in [-0.25, -0.2) is 0 Å². The van der Waals surface area contributed by atoms with Crippen molar-refractivity contribution in [2.75, 3.05) is 6.54 Å². The third kappa shape index (κ3) is 4.05. The van der Waals surface area contributed by atoms with E-state index in [4.69, 9.17) is 9.68 Å². The molecule has 1 unspecified atom stereocenters. The molecule has 0 spiro atoms. The first-order valence-electron chi connectivity index (χ1n) is 5.51. The third-order valence-corrected chi connectivity index (χ3v) is 2.46. The zero-order valence-corrected chi connectivity index (χ0v) is 9.73. The van der Waals surface area contributed by atoms with Crippen LogP contribution in [0.2, 0.25) is 0 Å².